The molecule has 0 bridgehead atoms. The summed E-state index contributed by atoms with van der Waals surface area (Å²) in [4.78, 5) is 17.8. The molecular weight excluding hydrogens is 648 g/mol. The van der Waals surface area contributed by atoms with Gasteiger partial charge in [0.15, 0.2) is 30.8 Å². The van der Waals surface area contributed by atoms with Crippen molar-refractivity contribution in [2.24, 2.45) is 0 Å². The standard InChI is InChI=1S/C26H28BrClF4N6O2Si/c1-25(2,3)41(4,5)40-20(26(30,31)32)14-36-22(16-10-12-17(28)13-11-16)35-37(24(36)39)15-21-33-23(27)38(34-21)19-9-7-6-8-18(19)29/h6-13,20H,14-15H2,1-5H3. The van der Waals surface area contributed by atoms with Gasteiger partial charge < -0.3 is 4.43 Å². The first kappa shape index (κ1) is 31.1. The highest BCUT2D eigenvalue weighted by atomic mass is 79.9. The molecule has 4 rings (SSSR count). The van der Waals surface area contributed by atoms with Crippen molar-refractivity contribution in [2.45, 2.75) is 64.3 Å². The SMILES string of the molecule is CC(C)(C)[Si](C)(C)OC(Cn1c(-c2ccc(Cl)cc2)nn(Cc2nc(Br)n(-c3ccccc3F)n2)c1=O)C(F)(F)F. The Morgan fingerprint density at radius 3 is 2.27 bits per heavy atom. The molecule has 1 atom stereocenters. The number of nitrogens with zero attached hydrogens (tertiary/aromatic N) is 6. The highest BCUT2D eigenvalue weighted by molar-refractivity contribution is 9.10. The Labute approximate surface area is 248 Å². The van der Waals surface area contributed by atoms with Gasteiger partial charge in [-0.15, -0.1) is 10.2 Å². The van der Waals surface area contributed by atoms with Crippen LogP contribution in [-0.2, 0) is 17.5 Å². The van der Waals surface area contributed by atoms with E-state index in [1.807, 2.05) is 20.8 Å². The topological polar surface area (TPSA) is 79.8 Å². The lowest BCUT2D eigenvalue weighted by Crippen LogP contribution is -2.50. The van der Waals surface area contributed by atoms with Crippen LogP contribution in [0.3, 0.4) is 0 Å². The van der Waals surface area contributed by atoms with E-state index >= 15 is 0 Å². The Hall–Kier alpha value is -2.81. The Morgan fingerprint density at radius 1 is 1.05 bits per heavy atom. The Morgan fingerprint density at radius 2 is 1.68 bits per heavy atom. The van der Waals surface area contributed by atoms with Crippen LogP contribution in [0.5, 0.6) is 0 Å². The summed E-state index contributed by atoms with van der Waals surface area (Å²) >= 11 is 9.25. The van der Waals surface area contributed by atoms with Gasteiger partial charge in [-0.25, -0.2) is 23.5 Å². The van der Waals surface area contributed by atoms with Gasteiger partial charge in [0.25, 0.3) is 0 Å². The fraction of sp³-hybridized carbons (Fsp3) is 0.385. The molecule has 4 aromatic rings. The molecule has 0 amide bonds. The van der Waals surface area contributed by atoms with E-state index in [4.69, 9.17) is 16.0 Å². The Kier molecular flexibility index (Phi) is 8.70. The number of para-hydroxylation sites is 1. The minimum atomic E-state index is -4.75. The summed E-state index contributed by atoms with van der Waals surface area (Å²) in [5.41, 5.74) is -0.320. The molecule has 0 saturated carbocycles. The van der Waals surface area contributed by atoms with Gasteiger partial charge in [-0.1, -0.05) is 44.5 Å². The lowest BCUT2D eigenvalue weighted by molar-refractivity contribution is -0.202. The van der Waals surface area contributed by atoms with Crippen LogP contribution in [0.25, 0.3) is 17.1 Å². The van der Waals surface area contributed by atoms with Crippen LogP contribution < -0.4 is 5.69 Å². The minimum absolute atomic E-state index is 0.00708. The average molecular weight is 676 g/mol. The molecule has 2 heterocycles. The van der Waals surface area contributed by atoms with E-state index in [0.29, 0.717) is 10.6 Å². The fourth-order valence-corrected chi connectivity index (χ4v) is 5.61. The highest BCUT2D eigenvalue weighted by Crippen LogP contribution is 2.40. The van der Waals surface area contributed by atoms with Crippen molar-refractivity contribution in [3.63, 3.8) is 0 Å². The van der Waals surface area contributed by atoms with Crippen LogP contribution in [-0.4, -0.2) is 49.7 Å². The van der Waals surface area contributed by atoms with Crippen molar-refractivity contribution >= 4 is 35.8 Å². The molecule has 0 aliphatic rings. The Bertz CT molecular complexity index is 1600. The van der Waals surface area contributed by atoms with Crippen molar-refractivity contribution in [1.29, 1.82) is 0 Å². The fourth-order valence-electron chi connectivity index (χ4n) is 3.74. The maximum Gasteiger partial charge on any atom is 0.415 e. The molecule has 1 unspecified atom stereocenters. The van der Waals surface area contributed by atoms with E-state index in [2.05, 4.69) is 31.1 Å². The summed E-state index contributed by atoms with van der Waals surface area (Å²) in [6.45, 7) is 7.84. The third-order valence-electron chi connectivity index (χ3n) is 6.97. The van der Waals surface area contributed by atoms with Crippen LogP contribution in [0.4, 0.5) is 17.6 Å². The van der Waals surface area contributed by atoms with Gasteiger partial charge in [-0.3, -0.25) is 4.57 Å². The smallest absolute Gasteiger partial charge is 0.404 e. The summed E-state index contributed by atoms with van der Waals surface area (Å²) in [6, 6.07) is 12.1. The molecule has 0 aliphatic heterocycles. The summed E-state index contributed by atoms with van der Waals surface area (Å²) in [5.74, 6) is -0.470. The van der Waals surface area contributed by atoms with Gasteiger partial charge in [0.05, 0.1) is 6.54 Å². The van der Waals surface area contributed by atoms with Crippen molar-refractivity contribution in [3.8, 4) is 17.1 Å². The van der Waals surface area contributed by atoms with E-state index < -0.39 is 43.7 Å². The van der Waals surface area contributed by atoms with E-state index in [-0.39, 0.29) is 28.6 Å². The van der Waals surface area contributed by atoms with Crippen LogP contribution >= 0.6 is 27.5 Å². The first-order valence-electron chi connectivity index (χ1n) is 12.5. The summed E-state index contributed by atoms with van der Waals surface area (Å²) < 4.78 is 66.4. The number of halogens is 6. The summed E-state index contributed by atoms with van der Waals surface area (Å²) in [5, 5.41) is 8.53. The predicted octanol–water partition coefficient (Wildman–Crippen LogP) is 6.85. The van der Waals surface area contributed by atoms with E-state index in [0.717, 1.165) is 9.25 Å². The third kappa shape index (κ3) is 6.82. The van der Waals surface area contributed by atoms with Crippen molar-refractivity contribution in [1.82, 2.24) is 29.1 Å². The Balaban J connectivity index is 1.77. The van der Waals surface area contributed by atoms with Gasteiger partial charge >= 0.3 is 11.9 Å². The van der Waals surface area contributed by atoms with Crippen LogP contribution in [0.2, 0.25) is 23.2 Å². The highest BCUT2D eigenvalue weighted by Gasteiger charge is 2.48. The van der Waals surface area contributed by atoms with Crippen molar-refractivity contribution in [3.05, 3.63) is 80.4 Å². The monoisotopic (exact) mass is 674 g/mol. The van der Waals surface area contributed by atoms with Gasteiger partial charge in [0.2, 0.25) is 0 Å². The van der Waals surface area contributed by atoms with Crippen LogP contribution in [0.1, 0.15) is 26.6 Å². The third-order valence-corrected chi connectivity index (χ3v) is 12.2. The number of rotatable bonds is 8. The molecule has 15 heteroatoms. The van der Waals surface area contributed by atoms with Crippen LogP contribution in [0.15, 0.2) is 58.1 Å². The second-order valence-corrected chi connectivity index (χ2v) is 16.9. The molecule has 0 aliphatic carbocycles. The normalized spacial score (nSPS) is 13.5. The average Bonchev–Trinajstić information content (AvgIpc) is 3.37. The molecule has 0 spiro atoms. The molecule has 41 heavy (non-hydrogen) atoms. The van der Waals surface area contributed by atoms with Gasteiger partial charge in [0, 0.05) is 10.6 Å². The first-order valence-corrected chi connectivity index (χ1v) is 16.6. The van der Waals surface area contributed by atoms with Gasteiger partial charge in [-0.05, 0) is 70.5 Å². The van der Waals surface area contributed by atoms with E-state index in [1.54, 1.807) is 43.4 Å². The number of aromatic nitrogens is 6. The zero-order valence-corrected chi connectivity index (χ0v) is 26.2. The predicted molar refractivity (Wildman–Crippen MR) is 153 cm³/mol. The van der Waals surface area contributed by atoms with Crippen molar-refractivity contribution in [2.75, 3.05) is 0 Å². The molecule has 0 radical (unpaired) electrons. The summed E-state index contributed by atoms with van der Waals surface area (Å²) in [6.07, 6.45) is -7.00. The van der Waals surface area contributed by atoms with Gasteiger partial charge in [-0.2, -0.15) is 13.2 Å². The largest absolute Gasteiger partial charge is 0.415 e. The lowest BCUT2D eigenvalue weighted by atomic mass is 10.2. The lowest BCUT2D eigenvalue weighted by Gasteiger charge is -2.39. The van der Waals surface area contributed by atoms with Gasteiger partial charge in [0.1, 0.15) is 18.0 Å². The minimum Gasteiger partial charge on any atom is -0.404 e. The first-order chi connectivity index (χ1) is 19.0. The number of benzene rings is 2. The molecule has 2 aromatic heterocycles. The number of alkyl halides is 3. The molecule has 0 saturated heterocycles. The molecule has 0 N–H and O–H groups in total. The zero-order valence-electron chi connectivity index (χ0n) is 22.9. The second kappa shape index (κ2) is 11.5. The maximum atomic E-state index is 14.3. The quantitative estimate of drug-likeness (QED) is 0.151. The molecule has 220 valence electrons. The molecule has 8 nitrogen and oxygen atoms in total. The zero-order chi connectivity index (χ0) is 30.3. The number of hydrogen-bond donors (Lipinski definition) is 0. The van der Waals surface area contributed by atoms with Crippen molar-refractivity contribution < 1.29 is 22.0 Å². The van der Waals surface area contributed by atoms with E-state index in [9.17, 15) is 22.4 Å². The molecule has 2 aromatic carbocycles. The number of hydrogen-bond acceptors (Lipinski definition) is 5. The summed E-state index contributed by atoms with van der Waals surface area (Å²) in [7, 11) is -2.89. The molecule has 0 fully saturated rings. The molecular formula is C26H28BrClF4N6O2Si. The maximum absolute atomic E-state index is 14.3. The van der Waals surface area contributed by atoms with Crippen LogP contribution in [0, 0.1) is 5.82 Å². The second-order valence-electron chi connectivity index (χ2n) is 11.0. The van der Waals surface area contributed by atoms with E-state index in [1.165, 1.54) is 22.9 Å².